The molecule has 4 heterocycles. The zero-order valence-electron chi connectivity index (χ0n) is 19.2. The summed E-state index contributed by atoms with van der Waals surface area (Å²) >= 11 is 0. The molecule has 1 aromatic carbocycles. The van der Waals surface area contributed by atoms with Gasteiger partial charge in [-0.15, -0.1) is 0 Å². The Hall–Kier alpha value is -2.87. The molecule has 2 aliphatic heterocycles. The summed E-state index contributed by atoms with van der Waals surface area (Å²) in [6.07, 6.45) is 5.88. The Morgan fingerprint density at radius 1 is 1.32 bits per heavy atom. The van der Waals surface area contributed by atoms with Crippen LogP contribution in [0.25, 0.3) is 22.2 Å². The molecule has 3 aliphatic rings. The molecule has 1 unspecified atom stereocenters. The van der Waals surface area contributed by atoms with Crippen molar-refractivity contribution in [2.75, 3.05) is 19.7 Å². The Labute approximate surface area is 196 Å². The highest BCUT2D eigenvalue weighted by atomic mass is 19.1. The summed E-state index contributed by atoms with van der Waals surface area (Å²) in [6.45, 7) is 3.63. The van der Waals surface area contributed by atoms with Crippen LogP contribution in [-0.2, 0) is 6.42 Å². The molecule has 34 heavy (non-hydrogen) atoms. The number of nitrogens with zero attached hydrogens (tertiary/aromatic N) is 3. The first-order chi connectivity index (χ1) is 16.4. The second-order valence-electron chi connectivity index (χ2n) is 10.1. The monoisotopic (exact) mass is 466 g/mol. The summed E-state index contributed by atoms with van der Waals surface area (Å²) < 4.78 is 35.8. The number of hydrogen-bond donors (Lipinski definition) is 1. The molecule has 0 saturated carbocycles. The fraction of sp³-hybridized carbons (Fsp3) is 0.500. The highest BCUT2D eigenvalue weighted by Crippen LogP contribution is 2.41. The third-order valence-corrected chi connectivity index (χ3v) is 7.94. The lowest BCUT2D eigenvalue weighted by Crippen LogP contribution is -2.43. The molecule has 0 amide bonds. The van der Waals surface area contributed by atoms with Gasteiger partial charge in [0.1, 0.15) is 24.0 Å². The maximum Gasteiger partial charge on any atom is 0.297 e. The van der Waals surface area contributed by atoms with Gasteiger partial charge in [-0.1, -0.05) is 25.1 Å². The van der Waals surface area contributed by atoms with E-state index in [1.54, 1.807) is 0 Å². The number of alkyl halides is 1. The Morgan fingerprint density at radius 2 is 2.21 bits per heavy atom. The second kappa shape index (κ2) is 8.12. The van der Waals surface area contributed by atoms with Crippen molar-refractivity contribution in [3.05, 3.63) is 51.7 Å². The van der Waals surface area contributed by atoms with E-state index in [9.17, 15) is 9.18 Å². The van der Waals surface area contributed by atoms with E-state index in [1.165, 1.54) is 11.8 Å². The average Bonchev–Trinajstić information content (AvgIpc) is 3.34. The number of ether oxygens (including phenoxy) is 1. The number of hydrogen-bond acceptors (Lipinski definition) is 5. The minimum absolute atomic E-state index is 0.0412. The van der Waals surface area contributed by atoms with Crippen LogP contribution in [0, 0.1) is 5.82 Å². The molecule has 0 radical (unpaired) electrons. The van der Waals surface area contributed by atoms with Crippen LogP contribution in [0.4, 0.5) is 8.78 Å². The lowest BCUT2D eigenvalue weighted by molar-refractivity contribution is 0.107. The van der Waals surface area contributed by atoms with Crippen LogP contribution < -0.4 is 10.3 Å². The maximum absolute atomic E-state index is 15.8. The quantitative estimate of drug-likeness (QED) is 0.612. The van der Waals surface area contributed by atoms with Gasteiger partial charge in [0.2, 0.25) is 0 Å². The lowest BCUT2D eigenvalue weighted by Gasteiger charge is -2.30. The van der Waals surface area contributed by atoms with Crippen LogP contribution in [-0.4, -0.2) is 51.3 Å². The fourth-order valence-electron chi connectivity index (χ4n) is 6.32. The minimum atomic E-state index is -0.877. The van der Waals surface area contributed by atoms with Gasteiger partial charge in [-0.25, -0.2) is 8.78 Å². The molecule has 6 nitrogen and oxygen atoms in total. The van der Waals surface area contributed by atoms with Crippen molar-refractivity contribution in [3.8, 4) is 17.3 Å². The SMILES string of the molecule is CC1CCCc2cccc(-c3ncc4c(=O)[nH]c(OC[C@@]56CCCN5C[C@H](F)C6)nc4c3F)c21. The Balaban J connectivity index is 1.38. The van der Waals surface area contributed by atoms with Crippen molar-refractivity contribution >= 4 is 10.9 Å². The summed E-state index contributed by atoms with van der Waals surface area (Å²) in [4.78, 5) is 26.1. The van der Waals surface area contributed by atoms with Crippen molar-refractivity contribution in [2.45, 2.75) is 63.1 Å². The second-order valence-corrected chi connectivity index (χ2v) is 10.1. The zero-order chi connectivity index (χ0) is 23.4. The summed E-state index contributed by atoms with van der Waals surface area (Å²) in [5, 5.41) is 0.0804. The van der Waals surface area contributed by atoms with Crippen molar-refractivity contribution in [3.63, 3.8) is 0 Å². The van der Waals surface area contributed by atoms with Crippen LogP contribution >= 0.6 is 0 Å². The lowest BCUT2D eigenvalue weighted by atomic mass is 9.80. The molecule has 178 valence electrons. The summed E-state index contributed by atoms with van der Waals surface area (Å²) in [7, 11) is 0. The van der Waals surface area contributed by atoms with Gasteiger partial charge in [0, 0.05) is 24.7 Å². The van der Waals surface area contributed by atoms with E-state index in [0.717, 1.165) is 49.8 Å². The molecule has 2 saturated heterocycles. The predicted octanol–water partition coefficient (Wildman–Crippen LogP) is 4.52. The van der Waals surface area contributed by atoms with Crippen molar-refractivity contribution in [1.82, 2.24) is 19.9 Å². The number of fused-ring (bicyclic) bond motifs is 3. The molecule has 6 rings (SSSR count). The minimum Gasteiger partial charge on any atom is -0.463 e. The van der Waals surface area contributed by atoms with Gasteiger partial charge < -0.3 is 4.74 Å². The largest absolute Gasteiger partial charge is 0.463 e. The fourth-order valence-corrected chi connectivity index (χ4v) is 6.32. The Kier molecular flexibility index (Phi) is 5.17. The summed E-state index contributed by atoms with van der Waals surface area (Å²) in [5.41, 5.74) is 2.38. The number of halogens is 2. The van der Waals surface area contributed by atoms with Crippen molar-refractivity contribution < 1.29 is 13.5 Å². The molecule has 3 atom stereocenters. The first-order valence-corrected chi connectivity index (χ1v) is 12.2. The van der Waals surface area contributed by atoms with Crippen LogP contribution in [0.5, 0.6) is 6.01 Å². The number of aryl methyl sites for hydroxylation is 1. The summed E-state index contributed by atoms with van der Waals surface area (Å²) in [5.74, 6) is -0.313. The number of H-pyrrole nitrogens is 1. The van der Waals surface area contributed by atoms with E-state index in [-0.39, 0.29) is 34.8 Å². The van der Waals surface area contributed by atoms with E-state index < -0.39 is 17.5 Å². The smallest absolute Gasteiger partial charge is 0.297 e. The molecule has 0 spiro atoms. The van der Waals surface area contributed by atoms with E-state index in [0.29, 0.717) is 18.9 Å². The number of benzene rings is 1. The zero-order valence-corrected chi connectivity index (χ0v) is 19.2. The van der Waals surface area contributed by atoms with Gasteiger partial charge in [0.05, 0.1) is 10.9 Å². The third kappa shape index (κ3) is 3.42. The highest BCUT2D eigenvalue weighted by Gasteiger charge is 2.49. The number of aromatic nitrogens is 3. The number of rotatable bonds is 4. The number of aromatic amines is 1. The van der Waals surface area contributed by atoms with Gasteiger partial charge in [-0.05, 0) is 55.7 Å². The third-order valence-electron chi connectivity index (χ3n) is 7.94. The van der Waals surface area contributed by atoms with Gasteiger partial charge in [-0.2, -0.15) is 4.98 Å². The van der Waals surface area contributed by atoms with Gasteiger partial charge in [0.15, 0.2) is 5.82 Å². The maximum atomic E-state index is 15.8. The average molecular weight is 467 g/mol. The Bertz CT molecular complexity index is 1330. The number of nitrogens with one attached hydrogen (secondary N) is 1. The normalized spacial score (nSPS) is 26.6. The molecule has 8 heteroatoms. The topological polar surface area (TPSA) is 71.1 Å². The molecule has 2 fully saturated rings. The van der Waals surface area contributed by atoms with Crippen LogP contribution in [0.2, 0.25) is 0 Å². The molecule has 1 aliphatic carbocycles. The van der Waals surface area contributed by atoms with Crippen LogP contribution in [0.3, 0.4) is 0 Å². The predicted molar refractivity (Wildman–Crippen MR) is 125 cm³/mol. The Morgan fingerprint density at radius 3 is 3.09 bits per heavy atom. The molecular formula is C26H28F2N4O2. The van der Waals surface area contributed by atoms with Gasteiger partial charge in [0.25, 0.3) is 11.6 Å². The standard InChI is InChI=1S/C26H28F2N4O2/c1-15-5-2-6-16-7-3-8-18(20(15)16)22-21(28)23-19(12-29-22)24(33)31-25(30-23)34-14-26-9-4-10-32(26)13-17(27)11-26/h3,7-8,12,15,17H,2,4-6,9-11,13-14H2,1H3,(H,30,31,33)/t15?,17-,26+/m1/s1. The van der Waals surface area contributed by atoms with Gasteiger partial charge in [-0.3, -0.25) is 19.7 Å². The molecule has 2 aromatic heterocycles. The van der Waals surface area contributed by atoms with E-state index in [2.05, 4.69) is 32.8 Å². The first-order valence-electron chi connectivity index (χ1n) is 12.2. The van der Waals surface area contributed by atoms with Crippen LogP contribution in [0.1, 0.15) is 56.1 Å². The van der Waals surface area contributed by atoms with Crippen molar-refractivity contribution in [2.24, 2.45) is 0 Å². The number of pyridine rings is 1. The summed E-state index contributed by atoms with van der Waals surface area (Å²) in [6, 6.07) is 5.88. The van der Waals surface area contributed by atoms with Crippen molar-refractivity contribution in [1.29, 1.82) is 0 Å². The van der Waals surface area contributed by atoms with E-state index in [1.807, 2.05) is 12.1 Å². The molecule has 1 N–H and O–H groups in total. The molecular weight excluding hydrogens is 438 g/mol. The van der Waals surface area contributed by atoms with Crippen LogP contribution in [0.15, 0.2) is 29.2 Å². The van der Waals surface area contributed by atoms with E-state index in [4.69, 9.17) is 4.74 Å². The van der Waals surface area contributed by atoms with Gasteiger partial charge >= 0.3 is 0 Å². The molecule has 0 bridgehead atoms. The first kappa shape index (κ1) is 21.6. The molecule has 3 aromatic rings. The van der Waals surface area contributed by atoms with E-state index >= 15 is 4.39 Å². The highest BCUT2D eigenvalue weighted by molar-refractivity contribution is 5.83.